The number of halogens is 1. The third-order valence-corrected chi connectivity index (χ3v) is 5.30. The van der Waals surface area contributed by atoms with Gasteiger partial charge in [0, 0.05) is 15.8 Å². The Kier molecular flexibility index (Phi) is 5.52. The molecule has 0 bridgehead atoms. The van der Waals surface area contributed by atoms with Gasteiger partial charge in [-0.1, -0.05) is 0 Å². The second kappa shape index (κ2) is 7.17. The summed E-state index contributed by atoms with van der Waals surface area (Å²) in [5.41, 5.74) is 0.587. The van der Waals surface area contributed by atoms with E-state index in [0.29, 0.717) is 15.4 Å². The van der Waals surface area contributed by atoms with Gasteiger partial charge in [-0.25, -0.2) is 9.59 Å². The van der Waals surface area contributed by atoms with Crippen LogP contribution < -0.4 is 10.6 Å². The highest BCUT2D eigenvalue weighted by Crippen LogP contribution is 2.28. The molecule has 1 aromatic rings. The van der Waals surface area contributed by atoms with Crippen LogP contribution in [0, 0.1) is 0 Å². The van der Waals surface area contributed by atoms with Crippen LogP contribution in [-0.4, -0.2) is 34.7 Å². The first-order valence-corrected chi connectivity index (χ1v) is 8.71. The van der Waals surface area contributed by atoms with Crippen molar-refractivity contribution in [3.05, 3.63) is 28.2 Å². The number of anilines is 1. The molecule has 21 heavy (non-hydrogen) atoms. The highest BCUT2D eigenvalue weighted by atomic mass is 79.9. The minimum Gasteiger partial charge on any atom is -0.478 e. The number of aromatic carboxylic acids is 1. The van der Waals surface area contributed by atoms with Crippen molar-refractivity contribution in [2.75, 3.05) is 11.6 Å². The van der Waals surface area contributed by atoms with Crippen molar-refractivity contribution in [3.63, 3.8) is 0 Å². The number of hydrogen-bond donors (Lipinski definition) is 3. The van der Waals surface area contributed by atoms with Crippen LogP contribution in [0.25, 0.3) is 0 Å². The Morgan fingerprint density at radius 2 is 2.14 bits per heavy atom. The molecule has 0 aromatic heterocycles. The van der Waals surface area contributed by atoms with Crippen LogP contribution >= 0.6 is 27.7 Å². The largest absolute Gasteiger partial charge is 0.478 e. The van der Waals surface area contributed by atoms with E-state index in [-0.39, 0.29) is 17.6 Å². The monoisotopic (exact) mass is 372 g/mol. The molecule has 114 valence electrons. The molecule has 2 rings (SSSR count). The van der Waals surface area contributed by atoms with Crippen molar-refractivity contribution in [1.82, 2.24) is 5.32 Å². The minimum atomic E-state index is -1.02. The van der Waals surface area contributed by atoms with Gasteiger partial charge in [-0.05, 0) is 59.6 Å². The number of nitrogens with one attached hydrogen (secondary N) is 2. The smallest absolute Gasteiger partial charge is 0.335 e. The number of urea groups is 1. The molecule has 1 saturated carbocycles. The van der Waals surface area contributed by atoms with Crippen molar-refractivity contribution < 1.29 is 14.7 Å². The Bertz CT molecular complexity index is 553. The average molecular weight is 373 g/mol. The predicted molar refractivity (Wildman–Crippen MR) is 88.2 cm³/mol. The molecule has 1 aliphatic rings. The van der Waals surface area contributed by atoms with Crippen LogP contribution in [0.3, 0.4) is 0 Å². The molecule has 0 spiro atoms. The Hall–Kier alpha value is -1.21. The number of thioether (sulfide) groups is 1. The standard InChI is InChI=1S/C14H17BrN2O3S/c1-21-10-4-3-9(7-10)16-14(20)17-12-6-8(13(18)19)2-5-11(12)15/h2,5-6,9-10H,3-4,7H2,1H3,(H,18,19)(H2,16,17,20). The number of rotatable bonds is 4. The van der Waals surface area contributed by atoms with Gasteiger partial charge in [0.1, 0.15) is 0 Å². The SMILES string of the molecule is CSC1CCC(NC(=O)Nc2cc(C(=O)O)ccc2Br)C1. The van der Waals surface area contributed by atoms with Crippen molar-refractivity contribution in [2.45, 2.75) is 30.6 Å². The van der Waals surface area contributed by atoms with Gasteiger partial charge in [0.05, 0.1) is 11.3 Å². The van der Waals surface area contributed by atoms with Crippen molar-refractivity contribution in [3.8, 4) is 0 Å². The number of benzene rings is 1. The Morgan fingerprint density at radius 3 is 2.76 bits per heavy atom. The van der Waals surface area contributed by atoms with Gasteiger partial charge < -0.3 is 15.7 Å². The minimum absolute atomic E-state index is 0.136. The molecule has 1 aliphatic carbocycles. The maximum Gasteiger partial charge on any atom is 0.335 e. The van der Waals surface area contributed by atoms with E-state index in [2.05, 4.69) is 32.8 Å². The molecular formula is C14H17BrN2O3S. The summed E-state index contributed by atoms with van der Waals surface area (Å²) in [5, 5.41) is 15.2. The zero-order chi connectivity index (χ0) is 15.4. The Labute approximate surface area is 136 Å². The number of amides is 2. The summed E-state index contributed by atoms with van der Waals surface area (Å²) >= 11 is 5.13. The number of carbonyl (C=O) groups excluding carboxylic acids is 1. The zero-order valence-electron chi connectivity index (χ0n) is 11.6. The van der Waals surface area contributed by atoms with E-state index in [1.54, 1.807) is 6.07 Å². The average Bonchev–Trinajstić information content (AvgIpc) is 2.88. The lowest BCUT2D eigenvalue weighted by molar-refractivity contribution is 0.0697. The van der Waals surface area contributed by atoms with Crippen LogP contribution in [-0.2, 0) is 0 Å². The van der Waals surface area contributed by atoms with Gasteiger partial charge in [0.2, 0.25) is 0 Å². The summed E-state index contributed by atoms with van der Waals surface area (Å²) in [5.74, 6) is -1.02. The van der Waals surface area contributed by atoms with Gasteiger partial charge in [-0.2, -0.15) is 11.8 Å². The maximum absolute atomic E-state index is 12.0. The molecule has 7 heteroatoms. The van der Waals surface area contributed by atoms with E-state index < -0.39 is 5.97 Å². The predicted octanol–water partition coefficient (Wildman–Crippen LogP) is 3.55. The van der Waals surface area contributed by atoms with Gasteiger partial charge in [0.25, 0.3) is 0 Å². The van der Waals surface area contributed by atoms with Crippen molar-refractivity contribution in [1.29, 1.82) is 0 Å². The van der Waals surface area contributed by atoms with Gasteiger partial charge in [-0.3, -0.25) is 0 Å². The topological polar surface area (TPSA) is 78.4 Å². The lowest BCUT2D eigenvalue weighted by atomic mass is 10.2. The summed E-state index contributed by atoms with van der Waals surface area (Å²) in [7, 11) is 0. The summed E-state index contributed by atoms with van der Waals surface area (Å²) < 4.78 is 0.649. The molecule has 0 radical (unpaired) electrons. The third kappa shape index (κ3) is 4.38. The summed E-state index contributed by atoms with van der Waals surface area (Å²) in [6, 6.07) is 4.41. The second-order valence-electron chi connectivity index (χ2n) is 4.97. The van der Waals surface area contributed by atoms with E-state index in [9.17, 15) is 9.59 Å². The number of carbonyl (C=O) groups is 2. The lowest BCUT2D eigenvalue weighted by Gasteiger charge is -2.14. The van der Waals surface area contributed by atoms with E-state index in [1.165, 1.54) is 12.1 Å². The molecule has 2 atom stereocenters. The number of carboxylic acid groups (broad SMARTS) is 1. The van der Waals surface area contributed by atoms with Gasteiger partial charge in [-0.15, -0.1) is 0 Å². The molecular weight excluding hydrogens is 356 g/mol. The highest BCUT2D eigenvalue weighted by Gasteiger charge is 2.25. The van der Waals surface area contributed by atoms with Crippen LogP contribution in [0.15, 0.2) is 22.7 Å². The first kappa shape index (κ1) is 16.2. The first-order valence-electron chi connectivity index (χ1n) is 6.62. The number of carboxylic acids is 1. The quantitative estimate of drug-likeness (QED) is 0.754. The Balaban J connectivity index is 1.96. The summed E-state index contributed by atoms with van der Waals surface area (Å²) in [4.78, 5) is 23.0. The lowest BCUT2D eigenvalue weighted by Crippen LogP contribution is -2.36. The fraction of sp³-hybridized carbons (Fsp3) is 0.429. The molecule has 2 unspecified atom stereocenters. The molecule has 5 nitrogen and oxygen atoms in total. The first-order chi connectivity index (χ1) is 9.99. The molecule has 1 aromatic carbocycles. The van der Waals surface area contributed by atoms with Crippen LogP contribution in [0.5, 0.6) is 0 Å². The maximum atomic E-state index is 12.0. The third-order valence-electron chi connectivity index (χ3n) is 3.51. The number of hydrogen-bond acceptors (Lipinski definition) is 3. The van der Waals surface area contributed by atoms with Gasteiger partial charge >= 0.3 is 12.0 Å². The van der Waals surface area contributed by atoms with E-state index >= 15 is 0 Å². The molecule has 1 fully saturated rings. The summed E-state index contributed by atoms with van der Waals surface area (Å²) in [6.45, 7) is 0. The van der Waals surface area contributed by atoms with Crippen LogP contribution in [0.2, 0.25) is 0 Å². The normalized spacial score (nSPS) is 21.0. The molecule has 3 N–H and O–H groups in total. The fourth-order valence-corrected chi connectivity index (χ4v) is 3.53. The van der Waals surface area contributed by atoms with Crippen LogP contribution in [0.4, 0.5) is 10.5 Å². The molecule has 0 saturated heterocycles. The fourth-order valence-electron chi connectivity index (χ4n) is 2.38. The van der Waals surface area contributed by atoms with E-state index in [1.807, 2.05) is 11.8 Å². The van der Waals surface area contributed by atoms with Gasteiger partial charge in [0.15, 0.2) is 0 Å². The van der Waals surface area contributed by atoms with Crippen molar-refractivity contribution >= 4 is 45.4 Å². The summed E-state index contributed by atoms with van der Waals surface area (Å²) in [6.07, 6.45) is 5.16. The Morgan fingerprint density at radius 1 is 1.38 bits per heavy atom. The molecule has 2 amide bonds. The van der Waals surface area contributed by atoms with E-state index in [4.69, 9.17) is 5.11 Å². The zero-order valence-corrected chi connectivity index (χ0v) is 14.0. The molecule has 0 heterocycles. The van der Waals surface area contributed by atoms with Crippen molar-refractivity contribution in [2.24, 2.45) is 0 Å². The van der Waals surface area contributed by atoms with E-state index in [0.717, 1.165) is 19.3 Å². The molecule has 0 aliphatic heterocycles. The van der Waals surface area contributed by atoms with Crippen LogP contribution in [0.1, 0.15) is 29.6 Å². The second-order valence-corrected chi connectivity index (χ2v) is 6.96. The highest BCUT2D eigenvalue weighted by molar-refractivity contribution is 9.10.